The quantitative estimate of drug-likeness (QED) is 0.0222. The summed E-state index contributed by atoms with van der Waals surface area (Å²) in [5.41, 5.74) is 0. The van der Waals surface area contributed by atoms with Crippen LogP contribution in [0, 0.1) is 17.8 Å². The Morgan fingerprint density at radius 1 is 0.266 bits per heavy atom. The molecule has 6 atom stereocenters. The Bertz CT molecular complexity index is 2100. The molecule has 0 saturated carbocycles. The fourth-order valence-corrected chi connectivity index (χ4v) is 15.6. The number of phosphoric acid groups is 2. The molecule has 0 heterocycles. The lowest BCUT2D eigenvalue weighted by atomic mass is 9.99. The number of rotatable bonds is 88. The highest BCUT2D eigenvalue weighted by molar-refractivity contribution is 7.47. The van der Waals surface area contributed by atoms with Crippen LogP contribution in [0.3, 0.4) is 0 Å². The molecule has 0 aliphatic rings. The fraction of sp³-hybridized carbons (Fsp3) is 0.956. The molecule has 0 spiro atoms. The Labute approximate surface area is 670 Å². The number of aliphatic hydroxyl groups excluding tert-OH is 1. The van der Waals surface area contributed by atoms with E-state index in [1.165, 1.54) is 289 Å². The van der Waals surface area contributed by atoms with E-state index in [1.54, 1.807) is 0 Å². The molecule has 3 N–H and O–H groups in total. The van der Waals surface area contributed by atoms with Crippen LogP contribution in [0.25, 0.3) is 0 Å². The third-order valence-corrected chi connectivity index (χ3v) is 23.4. The lowest BCUT2D eigenvalue weighted by Crippen LogP contribution is -2.30. The van der Waals surface area contributed by atoms with Crippen molar-refractivity contribution in [3.8, 4) is 0 Å². The molecule has 0 aliphatic carbocycles. The summed E-state index contributed by atoms with van der Waals surface area (Å²) in [4.78, 5) is 73.4. The summed E-state index contributed by atoms with van der Waals surface area (Å²) >= 11 is 0. The molecule has 0 bridgehead atoms. The molecule has 3 unspecified atom stereocenters. The number of ether oxygens (including phenoxy) is 4. The zero-order valence-corrected chi connectivity index (χ0v) is 73.8. The van der Waals surface area contributed by atoms with Gasteiger partial charge >= 0.3 is 39.5 Å². The summed E-state index contributed by atoms with van der Waals surface area (Å²) < 4.78 is 69.0. The van der Waals surface area contributed by atoms with E-state index in [4.69, 9.17) is 37.0 Å². The minimum atomic E-state index is -4.97. The summed E-state index contributed by atoms with van der Waals surface area (Å²) in [5.74, 6) is 0.375. The van der Waals surface area contributed by atoms with Crippen molar-refractivity contribution in [2.45, 2.75) is 497 Å². The highest BCUT2D eigenvalue weighted by atomic mass is 31.2. The molecule has 648 valence electrons. The smallest absolute Gasteiger partial charge is 0.462 e. The molecule has 0 amide bonds. The Morgan fingerprint density at radius 3 is 0.697 bits per heavy atom. The van der Waals surface area contributed by atoms with E-state index in [0.29, 0.717) is 25.7 Å². The normalized spacial score (nSPS) is 14.1. The first kappa shape index (κ1) is 107. The summed E-state index contributed by atoms with van der Waals surface area (Å²) in [6.07, 6.45) is 72.1. The third kappa shape index (κ3) is 82.4. The maximum atomic E-state index is 13.2. The van der Waals surface area contributed by atoms with Crippen LogP contribution in [0.4, 0.5) is 0 Å². The van der Waals surface area contributed by atoms with Gasteiger partial charge in [-0.3, -0.25) is 37.3 Å². The van der Waals surface area contributed by atoms with E-state index in [1.807, 2.05) is 0 Å². The van der Waals surface area contributed by atoms with E-state index in [-0.39, 0.29) is 25.7 Å². The Balaban J connectivity index is 5.25. The van der Waals surface area contributed by atoms with Crippen LogP contribution in [0.15, 0.2) is 0 Å². The summed E-state index contributed by atoms with van der Waals surface area (Å²) in [6, 6.07) is 0. The van der Waals surface area contributed by atoms with Crippen molar-refractivity contribution in [3.05, 3.63) is 0 Å². The van der Waals surface area contributed by atoms with E-state index >= 15 is 0 Å². The van der Waals surface area contributed by atoms with Gasteiger partial charge in [-0.05, 0) is 43.4 Å². The molecule has 0 radical (unpaired) electrons. The molecule has 0 aromatic rings. The Hall–Kier alpha value is -1.94. The topological polar surface area (TPSA) is 237 Å². The summed E-state index contributed by atoms with van der Waals surface area (Å²) in [6.45, 7) is 12.1. The lowest BCUT2D eigenvalue weighted by Gasteiger charge is -2.21. The van der Waals surface area contributed by atoms with Gasteiger partial charge in [0.1, 0.15) is 19.3 Å². The zero-order valence-electron chi connectivity index (χ0n) is 72.0. The molecule has 0 aromatic carbocycles. The average molecular weight is 1590 g/mol. The predicted molar refractivity (Wildman–Crippen MR) is 451 cm³/mol. The number of esters is 4. The maximum Gasteiger partial charge on any atom is 0.472 e. The molecule has 0 aliphatic heterocycles. The maximum absolute atomic E-state index is 13.2. The van der Waals surface area contributed by atoms with Crippen LogP contribution in [-0.4, -0.2) is 96.7 Å². The van der Waals surface area contributed by atoms with Crippen LogP contribution >= 0.6 is 15.6 Å². The molecule has 109 heavy (non-hydrogen) atoms. The number of hydrogen-bond acceptors (Lipinski definition) is 15. The van der Waals surface area contributed by atoms with Crippen molar-refractivity contribution in [2.24, 2.45) is 17.8 Å². The zero-order chi connectivity index (χ0) is 80.0. The highest BCUT2D eigenvalue weighted by Gasteiger charge is 2.31. The van der Waals surface area contributed by atoms with Crippen molar-refractivity contribution in [1.82, 2.24) is 0 Å². The van der Waals surface area contributed by atoms with Gasteiger partial charge in [0.15, 0.2) is 12.2 Å². The molecule has 19 heteroatoms. The first-order chi connectivity index (χ1) is 52.8. The van der Waals surface area contributed by atoms with Gasteiger partial charge in [-0.2, -0.15) is 0 Å². The van der Waals surface area contributed by atoms with Crippen LogP contribution in [0.1, 0.15) is 479 Å². The van der Waals surface area contributed by atoms with Gasteiger partial charge < -0.3 is 33.8 Å². The number of carbonyl (C=O) groups is 4. The standard InChI is InChI=1S/C90H176O17P2/c1-8-10-11-12-13-14-15-36-43-50-57-64-71-87(92)100-77-85(106-90(95)74-67-60-53-46-39-32-26-25-28-34-41-48-55-62-69-82(5)6)79-104-108(96,97)102-75-84(91)76-103-109(98,99)105-80-86(78-101-88(93)72-65-58-51-44-37-30-24-20-21-27-33-40-47-54-61-68-81(3)4)107-89(94)73-66-59-52-45-38-31-23-19-17-16-18-22-29-35-42-49-56-63-70-83(7)9-2/h81-86,91H,8-80H2,1-7H3,(H,96,97)(H,98,99)/t83?,84-,85+,86+/m0/s1. The Morgan fingerprint density at radius 2 is 0.468 bits per heavy atom. The largest absolute Gasteiger partial charge is 0.472 e. The van der Waals surface area contributed by atoms with Crippen molar-refractivity contribution >= 4 is 39.5 Å². The molecule has 0 saturated heterocycles. The van der Waals surface area contributed by atoms with Gasteiger partial charge in [0, 0.05) is 25.7 Å². The second-order valence-electron chi connectivity index (χ2n) is 33.5. The van der Waals surface area contributed by atoms with E-state index < -0.39 is 97.5 Å². The Kier molecular flexibility index (Phi) is 78.5. The van der Waals surface area contributed by atoms with Gasteiger partial charge in [-0.15, -0.1) is 0 Å². The fourth-order valence-electron chi connectivity index (χ4n) is 14.0. The minimum absolute atomic E-state index is 0.108. The molecular weight excluding hydrogens is 1410 g/mol. The van der Waals surface area contributed by atoms with Crippen molar-refractivity contribution < 1.29 is 80.2 Å². The van der Waals surface area contributed by atoms with Gasteiger partial charge in [-0.1, -0.05) is 427 Å². The summed E-state index contributed by atoms with van der Waals surface area (Å²) in [7, 11) is -9.94. The third-order valence-electron chi connectivity index (χ3n) is 21.5. The number of unbranched alkanes of at least 4 members (excludes halogenated alkanes) is 55. The van der Waals surface area contributed by atoms with Crippen molar-refractivity contribution in [3.63, 3.8) is 0 Å². The number of hydrogen-bond donors (Lipinski definition) is 3. The second kappa shape index (κ2) is 79.9. The monoisotopic (exact) mass is 1590 g/mol. The van der Waals surface area contributed by atoms with E-state index in [9.17, 15) is 43.2 Å². The SMILES string of the molecule is CCCCCCCCCCCCCCC(=O)OC[C@H](COP(=O)(O)OC[C@H](O)COP(=O)(O)OC[C@@H](COC(=O)CCCCCCCCCCCCCCCCCC(C)C)OC(=O)CCCCCCCCCCCCCCCCCCCCC(C)CC)OC(=O)CCCCCCCCCCCCCCCCC(C)C. The molecular formula is C90H176O17P2. The van der Waals surface area contributed by atoms with Gasteiger partial charge in [0.2, 0.25) is 0 Å². The summed E-state index contributed by atoms with van der Waals surface area (Å²) in [5, 5.41) is 10.7. The number of phosphoric ester groups is 2. The van der Waals surface area contributed by atoms with Gasteiger partial charge in [0.05, 0.1) is 26.4 Å². The van der Waals surface area contributed by atoms with Crippen LogP contribution in [0.2, 0.25) is 0 Å². The average Bonchev–Trinajstić information content (AvgIpc) is 0.896. The van der Waals surface area contributed by atoms with E-state index in [2.05, 4.69) is 48.5 Å². The van der Waals surface area contributed by atoms with E-state index in [0.717, 1.165) is 108 Å². The van der Waals surface area contributed by atoms with Crippen molar-refractivity contribution in [1.29, 1.82) is 0 Å². The molecule has 0 fully saturated rings. The highest BCUT2D eigenvalue weighted by Crippen LogP contribution is 2.45. The predicted octanol–water partition coefficient (Wildman–Crippen LogP) is 27.6. The molecule has 17 nitrogen and oxygen atoms in total. The first-order valence-corrected chi connectivity index (χ1v) is 49.4. The molecule has 0 aromatic heterocycles. The first-order valence-electron chi connectivity index (χ1n) is 46.4. The van der Waals surface area contributed by atoms with Crippen molar-refractivity contribution in [2.75, 3.05) is 39.6 Å². The lowest BCUT2D eigenvalue weighted by molar-refractivity contribution is -0.161. The van der Waals surface area contributed by atoms with Crippen LogP contribution in [0.5, 0.6) is 0 Å². The number of aliphatic hydroxyl groups is 1. The van der Waals surface area contributed by atoms with Crippen LogP contribution in [-0.2, 0) is 65.4 Å². The number of carbonyl (C=O) groups excluding carboxylic acids is 4. The van der Waals surface area contributed by atoms with Crippen LogP contribution < -0.4 is 0 Å². The minimum Gasteiger partial charge on any atom is -0.462 e. The van der Waals surface area contributed by atoms with Gasteiger partial charge in [-0.25, -0.2) is 9.13 Å². The molecule has 0 rings (SSSR count). The van der Waals surface area contributed by atoms with Gasteiger partial charge in [0.25, 0.3) is 0 Å². The second-order valence-corrected chi connectivity index (χ2v) is 36.4.